The van der Waals surface area contributed by atoms with Gasteiger partial charge in [0, 0.05) is 63.6 Å². The van der Waals surface area contributed by atoms with Crippen molar-refractivity contribution < 1.29 is 0 Å². The van der Waals surface area contributed by atoms with Gasteiger partial charge in [0.15, 0.2) is 0 Å². The van der Waals surface area contributed by atoms with E-state index in [1.54, 1.807) is 0 Å². The molecule has 0 spiro atoms. The first-order valence-electron chi connectivity index (χ1n) is 10.8. The highest BCUT2D eigenvalue weighted by molar-refractivity contribution is 5.78. The highest BCUT2D eigenvalue weighted by Crippen LogP contribution is 2.22. The van der Waals surface area contributed by atoms with Crippen LogP contribution in [0.25, 0.3) is 10.9 Å². The minimum absolute atomic E-state index is 0.473. The lowest BCUT2D eigenvalue weighted by atomic mass is 10.1. The Morgan fingerprint density at radius 2 is 1.69 bits per heavy atom. The lowest BCUT2D eigenvalue weighted by molar-refractivity contribution is 0.634. The van der Waals surface area contributed by atoms with Gasteiger partial charge in [-0.25, -0.2) is 4.98 Å². The number of nitrogens with zero attached hydrogens (tertiary/aromatic N) is 7. The van der Waals surface area contributed by atoms with Gasteiger partial charge in [-0.15, -0.1) is 0 Å². The third-order valence-electron chi connectivity index (χ3n) is 5.71. The van der Waals surface area contributed by atoms with E-state index in [0.717, 1.165) is 54.3 Å². The largest absolute Gasteiger partial charge is 0.383 e. The first-order valence-corrected chi connectivity index (χ1v) is 10.8. The number of benzene rings is 1. The first kappa shape index (κ1) is 20.0. The van der Waals surface area contributed by atoms with Crippen molar-refractivity contribution in [2.45, 2.75) is 6.54 Å². The Balaban J connectivity index is 1.30. The van der Waals surface area contributed by atoms with Crippen LogP contribution < -0.4 is 20.4 Å². The molecule has 0 amide bonds. The van der Waals surface area contributed by atoms with Crippen LogP contribution in [0.2, 0.25) is 0 Å². The number of anilines is 4. The maximum Gasteiger partial charge on any atom is 0.229 e. The Hall–Kier alpha value is -3.94. The Labute approximate surface area is 187 Å². The average molecular weight is 427 g/mol. The minimum atomic E-state index is 0.473. The number of para-hydroxylation sites is 1. The summed E-state index contributed by atoms with van der Waals surface area (Å²) in [6, 6.07) is 18.1. The second-order valence-electron chi connectivity index (χ2n) is 8.01. The first-order chi connectivity index (χ1) is 15.7. The number of fused-ring (bicyclic) bond motifs is 1. The Morgan fingerprint density at radius 1 is 0.906 bits per heavy atom. The predicted molar refractivity (Wildman–Crippen MR) is 129 cm³/mol. The molecule has 8 nitrogen and oxygen atoms in total. The van der Waals surface area contributed by atoms with Crippen molar-refractivity contribution in [3.8, 4) is 0 Å². The van der Waals surface area contributed by atoms with Crippen LogP contribution in [0.3, 0.4) is 0 Å². The molecule has 5 rings (SSSR count). The summed E-state index contributed by atoms with van der Waals surface area (Å²) in [7, 11) is 2.01. The molecule has 4 heterocycles. The number of hydrogen-bond donors (Lipinski definition) is 1. The lowest BCUT2D eigenvalue weighted by Crippen LogP contribution is -2.47. The number of rotatable bonds is 5. The van der Waals surface area contributed by atoms with Gasteiger partial charge in [0.05, 0.1) is 5.52 Å². The minimum Gasteiger partial charge on any atom is -0.383 e. The normalized spacial score (nSPS) is 14.0. The highest BCUT2D eigenvalue weighted by Gasteiger charge is 2.21. The monoisotopic (exact) mass is 426 g/mol. The maximum atomic E-state index is 6.15. The molecule has 0 saturated carbocycles. The summed E-state index contributed by atoms with van der Waals surface area (Å²) >= 11 is 0. The van der Waals surface area contributed by atoms with Crippen LogP contribution >= 0.6 is 0 Å². The van der Waals surface area contributed by atoms with Crippen LogP contribution in [0, 0.1) is 0 Å². The smallest absolute Gasteiger partial charge is 0.229 e. The molecule has 1 saturated heterocycles. The Morgan fingerprint density at radius 3 is 2.50 bits per heavy atom. The number of aromatic nitrogens is 4. The van der Waals surface area contributed by atoms with Crippen molar-refractivity contribution in [3.63, 3.8) is 0 Å². The van der Waals surface area contributed by atoms with Gasteiger partial charge >= 0.3 is 0 Å². The second kappa shape index (κ2) is 8.66. The second-order valence-corrected chi connectivity index (χ2v) is 8.01. The van der Waals surface area contributed by atoms with Crippen LogP contribution in [-0.2, 0) is 6.54 Å². The molecule has 0 radical (unpaired) electrons. The Kier molecular flexibility index (Phi) is 5.41. The van der Waals surface area contributed by atoms with Crippen molar-refractivity contribution in [1.82, 2.24) is 19.9 Å². The summed E-state index contributed by atoms with van der Waals surface area (Å²) in [5.74, 6) is 2.95. The molecule has 4 aromatic rings. The summed E-state index contributed by atoms with van der Waals surface area (Å²) in [5.41, 5.74) is 8.27. The van der Waals surface area contributed by atoms with E-state index in [1.165, 1.54) is 0 Å². The molecule has 0 unspecified atom stereocenters. The molecule has 0 aliphatic carbocycles. The van der Waals surface area contributed by atoms with Crippen LogP contribution in [0.5, 0.6) is 0 Å². The third kappa shape index (κ3) is 4.25. The van der Waals surface area contributed by atoms with E-state index in [-0.39, 0.29) is 0 Å². The van der Waals surface area contributed by atoms with Gasteiger partial charge < -0.3 is 20.4 Å². The summed E-state index contributed by atoms with van der Waals surface area (Å²) in [6.45, 7) is 4.04. The van der Waals surface area contributed by atoms with E-state index in [4.69, 9.17) is 10.7 Å². The van der Waals surface area contributed by atoms with Gasteiger partial charge in [-0.3, -0.25) is 4.98 Å². The van der Waals surface area contributed by atoms with Crippen molar-refractivity contribution in [2.24, 2.45) is 0 Å². The summed E-state index contributed by atoms with van der Waals surface area (Å²) in [4.78, 5) is 24.9. The number of nitrogens with two attached hydrogens (primary N) is 1. The summed E-state index contributed by atoms with van der Waals surface area (Å²) in [5, 5.41) is 1.13. The summed E-state index contributed by atoms with van der Waals surface area (Å²) < 4.78 is 0. The predicted octanol–water partition coefficient (Wildman–Crippen LogP) is 2.97. The van der Waals surface area contributed by atoms with Gasteiger partial charge in [0.1, 0.15) is 17.5 Å². The van der Waals surface area contributed by atoms with Gasteiger partial charge in [-0.2, -0.15) is 9.97 Å². The third-order valence-corrected chi connectivity index (χ3v) is 5.71. The lowest BCUT2D eigenvalue weighted by Gasteiger charge is -2.35. The van der Waals surface area contributed by atoms with E-state index in [2.05, 4.69) is 41.8 Å². The molecule has 0 atom stereocenters. The molecule has 0 bridgehead atoms. The molecule has 1 fully saturated rings. The van der Waals surface area contributed by atoms with E-state index in [0.29, 0.717) is 18.3 Å². The molecular formula is C24H26N8. The van der Waals surface area contributed by atoms with E-state index >= 15 is 0 Å². The van der Waals surface area contributed by atoms with E-state index in [1.807, 2.05) is 61.9 Å². The van der Waals surface area contributed by atoms with E-state index in [9.17, 15) is 0 Å². The van der Waals surface area contributed by atoms with Crippen LogP contribution in [0.15, 0.2) is 67.0 Å². The van der Waals surface area contributed by atoms with Crippen molar-refractivity contribution >= 4 is 34.3 Å². The van der Waals surface area contributed by atoms with Crippen LogP contribution in [0.1, 0.15) is 5.56 Å². The SMILES string of the molecule is CN(Cc1cnc2ccccc2c1)c1cc(N)nc(N2CCN(c3ccccn3)CC2)n1. The fraction of sp³-hybridized carbons (Fsp3) is 0.250. The van der Waals surface area contributed by atoms with Gasteiger partial charge in [-0.1, -0.05) is 24.3 Å². The molecule has 8 heteroatoms. The fourth-order valence-corrected chi connectivity index (χ4v) is 4.01. The van der Waals surface area contributed by atoms with Crippen molar-refractivity contribution in [1.29, 1.82) is 0 Å². The average Bonchev–Trinajstić information content (AvgIpc) is 2.84. The van der Waals surface area contributed by atoms with Crippen molar-refractivity contribution in [3.05, 3.63) is 72.6 Å². The molecule has 3 aromatic heterocycles. The zero-order valence-corrected chi connectivity index (χ0v) is 18.1. The van der Waals surface area contributed by atoms with Gasteiger partial charge in [-0.05, 0) is 29.8 Å². The molecule has 1 aromatic carbocycles. The summed E-state index contributed by atoms with van der Waals surface area (Å²) in [6.07, 6.45) is 3.75. The zero-order valence-electron chi connectivity index (χ0n) is 18.1. The van der Waals surface area contributed by atoms with Gasteiger partial charge in [0.2, 0.25) is 5.95 Å². The maximum absolute atomic E-state index is 6.15. The topological polar surface area (TPSA) is 87.3 Å². The van der Waals surface area contributed by atoms with Crippen LogP contribution in [-0.4, -0.2) is 53.2 Å². The standard InChI is InChI=1S/C24H26N8/c1-30(17-18-14-19-6-2-3-7-20(19)27-16-18)23-15-21(25)28-24(29-23)32-12-10-31(11-13-32)22-8-4-5-9-26-22/h2-9,14-16H,10-13,17H2,1H3,(H2,25,28,29). The molecule has 32 heavy (non-hydrogen) atoms. The van der Waals surface area contributed by atoms with Crippen LogP contribution in [0.4, 0.5) is 23.4 Å². The Bertz CT molecular complexity index is 1210. The number of piperazine rings is 1. The number of pyridine rings is 2. The molecule has 162 valence electrons. The molecule has 2 N–H and O–H groups in total. The van der Waals surface area contributed by atoms with Gasteiger partial charge in [0.25, 0.3) is 0 Å². The van der Waals surface area contributed by atoms with Crippen molar-refractivity contribution in [2.75, 3.05) is 53.7 Å². The zero-order chi connectivity index (χ0) is 21.9. The number of nitrogen functional groups attached to an aromatic ring is 1. The quantitative estimate of drug-likeness (QED) is 0.521. The molecule has 1 aliphatic heterocycles. The molecular weight excluding hydrogens is 400 g/mol. The highest BCUT2D eigenvalue weighted by atomic mass is 15.3. The number of hydrogen-bond acceptors (Lipinski definition) is 8. The van der Waals surface area contributed by atoms with E-state index < -0.39 is 0 Å². The molecule has 1 aliphatic rings. The fourth-order valence-electron chi connectivity index (χ4n) is 4.01.